The molecule has 5 heteroatoms. The van der Waals surface area contributed by atoms with E-state index in [1.54, 1.807) is 12.1 Å². The summed E-state index contributed by atoms with van der Waals surface area (Å²) in [6.07, 6.45) is -0.545. The van der Waals surface area contributed by atoms with Gasteiger partial charge in [-0.3, -0.25) is 5.32 Å². The molecule has 1 atom stereocenters. The zero-order valence-electron chi connectivity index (χ0n) is 8.06. The molecule has 1 amide bonds. The number of benzene rings is 1. The average molecular weight is 208 g/mol. The number of phenols is 1. The van der Waals surface area contributed by atoms with Gasteiger partial charge in [0.15, 0.2) is 6.23 Å². The van der Waals surface area contributed by atoms with Crippen LogP contribution in [0.1, 0.15) is 17.4 Å². The number of fused-ring (bicyclic) bond motifs is 1. The Balaban J connectivity index is 2.32. The highest BCUT2D eigenvalue weighted by atomic mass is 16.6. The lowest BCUT2D eigenvalue weighted by Crippen LogP contribution is -2.34. The quantitative estimate of drug-likeness (QED) is 0.632. The van der Waals surface area contributed by atoms with Crippen molar-refractivity contribution in [1.82, 2.24) is 5.32 Å². The van der Waals surface area contributed by atoms with E-state index in [9.17, 15) is 9.90 Å². The first-order valence-electron chi connectivity index (χ1n) is 4.68. The van der Waals surface area contributed by atoms with Crippen LogP contribution in [0.4, 0.5) is 4.79 Å². The Morgan fingerprint density at radius 3 is 3.13 bits per heavy atom. The van der Waals surface area contributed by atoms with Crippen LogP contribution >= 0.6 is 0 Å². The Hall–Kier alpha value is -1.75. The molecular weight excluding hydrogens is 196 g/mol. The summed E-state index contributed by atoms with van der Waals surface area (Å²) >= 11 is 0. The molecule has 0 spiro atoms. The minimum absolute atomic E-state index is 0.149. The highest BCUT2D eigenvalue weighted by Gasteiger charge is 2.22. The fourth-order valence-corrected chi connectivity index (χ4v) is 1.72. The van der Waals surface area contributed by atoms with E-state index in [0.717, 1.165) is 24.1 Å². The number of hydrogen-bond acceptors (Lipinski definition) is 4. The lowest BCUT2D eigenvalue weighted by Gasteiger charge is -2.25. The standard InChI is InChI=1S/C10H12N2O3/c11-10(14)15-9-8-5-7(13)2-1-6(8)3-4-12-9/h1-2,5,9,12-13H,3-4H2,(H2,11,14). The van der Waals surface area contributed by atoms with E-state index in [4.69, 9.17) is 10.5 Å². The first-order chi connectivity index (χ1) is 7.16. The minimum Gasteiger partial charge on any atom is -0.508 e. The van der Waals surface area contributed by atoms with Crippen LogP contribution in [0, 0.1) is 0 Å². The second-order valence-corrected chi connectivity index (χ2v) is 3.40. The molecule has 1 aromatic carbocycles. The van der Waals surface area contributed by atoms with E-state index in [1.165, 1.54) is 0 Å². The number of phenolic OH excluding ortho intramolecular Hbond substituents is 1. The molecule has 1 heterocycles. The van der Waals surface area contributed by atoms with Crippen LogP contribution in [-0.2, 0) is 11.2 Å². The van der Waals surface area contributed by atoms with E-state index in [1.807, 2.05) is 6.07 Å². The van der Waals surface area contributed by atoms with Gasteiger partial charge in [-0.15, -0.1) is 0 Å². The fraction of sp³-hybridized carbons (Fsp3) is 0.300. The minimum atomic E-state index is -0.830. The molecule has 0 aromatic heterocycles. The number of hydrogen-bond donors (Lipinski definition) is 3. The smallest absolute Gasteiger partial charge is 0.406 e. The van der Waals surface area contributed by atoms with Crippen LogP contribution < -0.4 is 11.1 Å². The van der Waals surface area contributed by atoms with Crippen molar-refractivity contribution in [3.63, 3.8) is 0 Å². The van der Waals surface area contributed by atoms with Crippen LogP contribution in [-0.4, -0.2) is 17.7 Å². The summed E-state index contributed by atoms with van der Waals surface area (Å²) in [5.41, 5.74) is 6.77. The molecule has 1 aliphatic heterocycles. The molecule has 1 aromatic rings. The van der Waals surface area contributed by atoms with Crippen molar-refractivity contribution < 1.29 is 14.6 Å². The summed E-state index contributed by atoms with van der Waals surface area (Å²) in [5, 5.41) is 12.3. The summed E-state index contributed by atoms with van der Waals surface area (Å²) in [4.78, 5) is 10.7. The topological polar surface area (TPSA) is 84.6 Å². The summed E-state index contributed by atoms with van der Waals surface area (Å²) in [6, 6.07) is 5.02. The number of primary amides is 1. The van der Waals surface area contributed by atoms with Gasteiger partial charge in [-0.25, -0.2) is 4.79 Å². The highest BCUT2D eigenvalue weighted by Crippen LogP contribution is 2.27. The van der Waals surface area contributed by atoms with Gasteiger partial charge in [0, 0.05) is 12.1 Å². The lowest BCUT2D eigenvalue weighted by atomic mass is 9.99. The van der Waals surface area contributed by atoms with Gasteiger partial charge in [0.2, 0.25) is 0 Å². The zero-order chi connectivity index (χ0) is 10.8. The number of carbonyl (C=O) groups excluding carboxylic acids is 1. The van der Waals surface area contributed by atoms with E-state index >= 15 is 0 Å². The van der Waals surface area contributed by atoms with Gasteiger partial charge in [-0.05, 0) is 24.1 Å². The molecule has 15 heavy (non-hydrogen) atoms. The van der Waals surface area contributed by atoms with Gasteiger partial charge in [0.25, 0.3) is 0 Å². The van der Waals surface area contributed by atoms with Crippen LogP contribution in [0.25, 0.3) is 0 Å². The van der Waals surface area contributed by atoms with Crippen LogP contribution in [0.15, 0.2) is 18.2 Å². The molecule has 5 nitrogen and oxygen atoms in total. The van der Waals surface area contributed by atoms with Crippen molar-refractivity contribution in [2.45, 2.75) is 12.6 Å². The molecule has 0 saturated heterocycles. The number of amides is 1. The average Bonchev–Trinajstić information content (AvgIpc) is 2.18. The SMILES string of the molecule is NC(=O)OC1NCCc2ccc(O)cc21. The maximum absolute atomic E-state index is 10.7. The van der Waals surface area contributed by atoms with Crippen LogP contribution in [0.2, 0.25) is 0 Å². The molecule has 1 unspecified atom stereocenters. The summed E-state index contributed by atoms with van der Waals surface area (Å²) < 4.78 is 4.89. The highest BCUT2D eigenvalue weighted by molar-refractivity contribution is 5.65. The molecule has 2 rings (SSSR count). The molecule has 0 radical (unpaired) electrons. The van der Waals surface area contributed by atoms with Crippen molar-refractivity contribution in [1.29, 1.82) is 0 Å². The second kappa shape index (κ2) is 3.78. The first-order valence-corrected chi connectivity index (χ1v) is 4.68. The van der Waals surface area contributed by atoms with E-state index in [-0.39, 0.29) is 5.75 Å². The third-order valence-corrected chi connectivity index (χ3v) is 2.37. The number of nitrogens with two attached hydrogens (primary N) is 1. The van der Waals surface area contributed by atoms with Crippen molar-refractivity contribution >= 4 is 6.09 Å². The molecular formula is C10H12N2O3. The maximum Gasteiger partial charge on any atom is 0.406 e. The Labute approximate surface area is 86.8 Å². The third-order valence-electron chi connectivity index (χ3n) is 2.37. The van der Waals surface area contributed by atoms with E-state index in [2.05, 4.69) is 5.32 Å². The third kappa shape index (κ3) is 2.02. The predicted molar refractivity (Wildman–Crippen MR) is 53.2 cm³/mol. The molecule has 0 saturated carbocycles. The monoisotopic (exact) mass is 208 g/mol. The number of nitrogens with one attached hydrogen (secondary N) is 1. The molecule has 80 valence electrons. The number of aromatic hydroxyl groups is 1. The van der Waals surface area contributed by atoms with E-state index < -0.39 is 12.3 Å². The van der Waals surface area contributed by atoms with Gasteiger partial charge < -0.3 is 15.6 Å². The van der Waals surface area contributed by atoms with Gasteiger partial charge in [-0.1, -0.05) is 6.07 Å². The Morgan fingerprint density at radius 2 is 2.40 bits per heavy atom. The largest absolute Gasteiger partial charge is 0.508 e. The fourth-order valence-electron chi connectivity index (χ4n) is 1.72. The number of rotatable bonds is 1. The summed E-state index contributed by atoms with van der Waals surface area (Å²) in [7, 11) is 0. The van der Waals surface area contributed by atoms with Gasteiger partial charge in [-0.2, -0.15) is 0 Å². The molecule has 1 aliphatic rings. The zero-order valence-corrected chi connectivity index (χ0v) is 8.06. The second-order valence-electron chi connectivity index (χ2n) is 3.40. The Morgan fingerprint density at radius 1 is 1.60 bits per heavy atom. The molecule has 4 N–H and O–H groups in total. The van der Waals surface area contributed by atoms with Gasteiger partial charge in [0.05, 0.1) is 0 Å². The molecule has 0 bridgehead atoms. The Kier molecular flexibility index (Phi) is 2.47. The van der Waals surface area contributed by atoms with Crippen molar-refractivity contribution in [3.8, 4) is 5.75 Å². The summed E-state index contributed by atoms with van der Waals surface area (Å²) in [5.74, 6) is 0.149. The number of ether oxygens (including phenoxy) is 1. The van der Waals surface area contributed by atoms with Crippen molar-refractivity contribution in [2.75, 3.05) is 6.54 Å². The van der Waals surface area contributed by atoms with Crippen LogP contribution in [0.5, 0.6) is 5.75 Å². The van der Waals surface area contributed by atoms with Crippen molar-refractivity contribution in [2.24, 2.45) is 5.73 Å². The predicted octanol–water partition coefficient (Wildman–Crippen LogP) is 0.632. The molecule has 0 fully saturated rings. The van der Waals surface area contributed by atoms with Crippen molar-refractivity contribution in [3.05, 3.63) is 29.3 Å². The van der Waals surface area contributed by atoms with E-state index in [0.29, 0.717) is 0 Å². The number of carbonyl (C=O) groups is 1. The first kappa shape index (κ1) is 9.79. The van der Waals surface area contributed by atoms with Crippen LogP contribution in [0.3, 0.4) is 0 Å². The lowest BCUT2D eigenvalue weighted by molar-refractivity contribution is 0.0814. The maximum atomic E-state index is 10.7. The normalized spacial score (nSPS) is 19.3. The van der Waals surface area contributed by atoms with Gasteiger partial charge >= 0.3 is 6.09 Å². The van der Waals surface area contributed by atoms with Gasteiger partial charge in [0.1, 0.15) is 5.75 Å². The Bertz CT molecular complexity index is 392. The summed E-state index contributed by atoms with van der Waals surface area (Å²) in [6.45, 7) is 0.718. The molecule has 0 aliphatic carbocycles.